The van der Waals surface area contributed by atoms with E-state index < -0.39 is 0 Å². The van der Waals surface area contributed by atoms with Gasteiger partial charge in [-0.2, -0.15) is 10.4 Å². The minimum absolute atomic E-state index is 0.540. The topological polar surface area (TPSA) is 54.5 Å². The van der Waals surface area contributed by atoms with Crippen LogP contribution < -0.4 is 0 Å². The van der Waals surface area contributed by atoms with Gasteiger partial charge >= 0.3 is 0 Å². The maximum Gasteiger partial charge on any atom is 0.171 e. The van der Waals surface area contributed by atoms with Crippen molar-refractivity contribution >= 4 is 11.6 Å². The van der Waals surface area contributed by atoms with Crippen LogP contribution in [0.5, 0.6) is 0 Å². The minimum atomic E-state index is 0.540. The number of fused-ring (bicyclic) bond motifs is 1. The average molecular weight is 259 g/mol. The predicted molar refractivity (Wildman–Crippen MR) is 67.7 cm³/mol. The fraction of sp³-hybridized carbons (Fsp3) is 0.308. The molecule has 0 atom stereocenters. The summed E-state index contributed by atoms with van der Waals surface area (Å²) in [6, 6.07) is 4.12. The van der Waals surface area contributed by atoms with E-state index in [1.165, 1.54) is 12.0 Å². The Bertz CT molecular complexity index is 639. The maximum atomic E-state index is 9.22. The number of nitrogens with zero attached hydrogens (tertiary/aromatic N) is 4. The summed E-state index contributed by atoms with van der Waals surface area (Å²) in [7, 11) is 0. The number of aryl methyl sites for hydroxylation is 2. The third kappa shape index (κ3) is 1.87. The van der Waals surface area contributed by atoms with Gasteiger partial charge in [-0.1, -0.05) is 11.6 Å². The molecule has 0 saturated heterocycles. The Morgan fingerprint density at radius 3 is 2.89 bits per heavy atom. The molecule has 0 bridgehead atoms. The van der Waals surface area contributed by atoms with Crippen LogP contribution in [0.1, 0.15) is 29.7 Å². The van der Waals surface area contributed by atoms with E-state index in [1.54, 1.807) is 17.1 Å². The molecule has 2 aromatic rings. The van der Waals surface area contributed by atoms with Crippen LogP contribution in [0.2, 0.25) is 5.02 Å². The lowest BCUT2D eigenvalue weighted by atomic mass is 9.95. The molecule has 0 unspecified atom stereocenters. The van der Waals surface area contributed by atoms with Gasteiger partial charge in [-0.25, -0.2) is 9.67 Å². The minimum Gasteiger partial charge on any atom is -0.232 e. The molecule has 90 valence electrons. The van der Waals surface area contributed by atoms with Crippen molar-refractivity contribution in [2.45, 2.75) is 25.7 Å². The van der Waals surface area contributed by atoms with Crippen molar-refractivity contribution in [1.82, 2.24) is 14.8 Å². The summed E-state index contributed by atoms with van der Waals surface area (Å²) in [6.45, 7) is 0. The Hall–Kier alpha value is -1.86. The van der Waals surface area contributed by atoms with Crippen molar-refractivity contribution in [3.63, 3.8) is 0 Å². The molecule has 0 N–H and O–H groups in total. The number of rotatable bonds is 1. The fourth-order valence-electron chi connectivity index (χ4n) is 2.30. The smallest absolute Gasteiger partial charge is 0.171 e. The maximum absolute atomic E-state index is 9.22. The van der Waals surface area contributed by atoms with Crippen LogP contribution in [0.25, 0.3) is 5.82 Å². The van der Waals surface area contributed by atoms with E-state index >= 15 is 0 Å². The summed E-state index contributed by atoms with van der Waals surface area (Å²) in [5.74, 6) is 0.574. The largest absolute Gasteiger partial charge is 0.232 e. The van der Waals surface area contributed by atoms with E-state index in [4.69, 9.17) is 11.6 Å². The number of hydrogen-bond donors (Lipinski definition) is 0. The normalized spacial score (nSPS) is 14.0. The van der Waals surface area contributed by atoms with Gasteiger partial charge in [-0.05, 0) is 37.3 Å². The van der Waals surface area contributed by atoms with Crippen molar-refractivity contribution in [2.75, 3.05) is 0 Å². The van der Waals surface area contributed by atoms with Gasteiger partial charge in [0.15, 0.2) is 5.82 Å². The van der Waals surface area contributed by atoms with E-state index in [0.717, 1.165) is 25.0 Å². The molecule has 1 aliphatic carbocycles. The van der Waals surface area contributed by atoms with Crippen LogP contribution in [0.15, 0.2) is 18.5 Å². The highest BCUT2D eigenvalue weighted by Crippen LogP contribution is 2.24. The lowest BCUT2D eigenvalue weighted by Crippen LogP contribution is -2.11. The SMILES string of the molecule is N#Cc1cc2c(nc1-n1cc(Cl)cn1)CCCC2. The van der Waals surface area contributed by atoms with Crippen LogP contribution in [0.3, 0.4) is 0 Å². The van der Waals surface area contributed by atoms with Gasteiger partial charge < -0.3 is 0 Å². The Morgan fingerprint density at radius 1 is 1.33 bits per heavy atom. The van der Waals surface area contributed by atoms with Crippen molar-refractivity contribution < 1.29 is 0 Å². The fourth-order valence-corrected chi connectivity index (χ4v) is 2.43. The zero-order chi connectivity index (χ0) is 12.5. The summed E-state index contributed by atoms with van der Waals surface area (Å²) in [5.41, 5.74) is 2.83. The first kappa shape index (κ1) is 11.2. The van der Waals surface area contributed by atoms with Gasteiger partial charge in [0.25, 0.3) is 0 Å². The summed E-state index contributed by atoms with van der Waals surface area (Å²) in [4.78, 5) is 4.59. The van der Waals surface area contributed by atoms with Crippen LogP contribution in [0.4, 0.5) is 0 Å². The Kier molecular flexibility index (Phi) is 2.77. The lowest BCUT2D eigenvalue weighted by Gasteiger charge is -2.16. The van der Waals surface area contributed by atoms with Gasteiger partial charge in [0.2, 0.25) is 0 Å². The Labute approximate surface area is 110 Å². The molecule has 0 spiro atoms. The van der Waals surface area contributed by atoms with Crippen LogP contribution >= 0.6 is 11.6 Å². The number of aromatic nitrogens is 3. The van der Waals surface area contributed by atoms with Crippen molar-refractivity contribution in [3.05, 3.63) is 40.3 Å². The van der Waals surface area contributed by atoms with Crippen molar-refractivity contribution in [1.29, 1.82) is 5.26 Å². The summed E-state index contributed by atoms with van der Waals surface area (Å²) in [6.07, 6.45) is 7.53. The lowest BCUT2D eigenvalue weighted by molar-refractivity contribution is 0.661. The molecule has 1 aliphatic rings. The average Bonchev–Trinajstić information content (AvgIpc) is 2.83. The molecule has 2 aromatic heterocycles. The summed E-state index contributed by atoms with van der Waals surface area (Å²) in [5, 5.41) is 13.9. The van der Waals surface area contributed by atoms with E-state index in [1.807, 2.05) is 6.07 Å². The second kappa shape index (κ2) is 4.43. The summed E-state index contributed by atoms with van der Waals surface area (Å²) >= 11 is 5.86. The highest BCUT2D eigenvalue weighted by atomic mass is 35.5. The van der Waals surface area contributed by atoms with Crippen molar-refractivity contribution in [2.24, 2.45) is 0 Å². The highest BCUT2D eigenvalue weighted by molar-refractivity contribution is 6.30. The van der Waals surface area contributed by atoms with Gasteiger partial charge in [0.05, 0.1) is 23.0 Å². The standard InChI is InChI=1S/C13H11ClN4/c14-11-7-16-18(8-11)13-10(6-15)5-9-3-1-2-4-12(9)17-13/h5,7-8H,1-4H2. The molecule has 0 radical (unpaired) electrons. The van der Waals surface area contributed by atoms with Gasteiger partial charge in [-0.15, -0.1) is 0 Å². The predicted octanol–water partition coefficient (Wildman–Crippen LogP) is 2.67. The quantitative estimate of drug-likeness (QED) is 0.790. The monoisotopic (exact) mass is 258 g/mol. The molecule has 2 heterocycles. The number of nitriles is 1. The molecule has 18 heavy (non-hydrogen) atoms. The molecule has 0 amide bonds. The molecule has 4 nitrogen and oxygen atoms in total. The van der Waals surface area contributed by atoms with E-state index in [0.29, 0.717) is 16.4 Å². The Morgan fingerprint density at radius 2 is 2.17 bits per heavy atom. The number of hydrogen-bond acceptors (Lipinski definition) is 3. The van der Waals surface area contributed by atoms with Crippen molar-refractivity contribution in [3.8, 4) is 11.9 Å². The number of halogens is 1. The molecule has 3 rings (SSSR count). The first-order valence-electron chi connectivity index (χ1n) is 5.91. The van der Waals surface area contributed by atoms with Gasteiger partial charge in [0.1, 0.15) is 6.07 Å². The van der Waals surface area contributed by atoms with E-state index in [9.17, 15) is 5.26 Å². The van der Waals surface area contributed by atoms with Crippen LogP contribution in [-0.4, -0.2) is 14.8 Å². The Balaban J connectivity index is 2.16. The van der Waals surface area contributed by atoms with Gasteiger partial charge in [0, 0.05) is 5.69 Å². The van der Waals surface area contributed by atoms with E-state index in [2.05, 4.69) is 16.2 Å². The number of pyridine rings is 1. The molecule has 0 aromatic carbocycles. The van der Waals surface area contributed by atoms with Crippen LogP contribution in [0, 0.1) is 11.3 Å². The second-order valence-electron chi connectivity index (χ2n) is 4.39. The van der Waals surface area contributed by atoms with Gasteiger partial charge in [-0.3, -0.25) is 0 Å². The molecule has 5 heteroatoms. The third-order valence-corrected chi connectivity index (χ3v) is 3.36. The molecule has 0 aliphatic heterocycles. The zero-order valence-electron chi connectivity index (χ0n) is 9.73. The molecular weight excluding hydrogens is 248 g/mol. The molecular formula is C13H11ClN4. The highest BCUT2D eigenvalue weighted by Gasteiger charge is 2.16. The first-order chi connectivity index (χ1) is 8.78. The second-order valence-corrected chi connectivity index (χ2v) is 4.82. The zero-order valence-corrected chi connectivity index (χ0v) is 10.5. The van der Waals surface area contributed by atoms with E-state index in [-0.39, 0.29) is 0 Å². The first-order valence-corrected chi connectivity index (χ1v) is 6.29. The molecule has 0 saturated carbocycles. The molecule has 0 fully saturated rings. The summed E-state index contributed by atoms with van der Waals surface area (Å²) < 4.78 is 1.57. The third-order valence-electron chi connectivity index (χ3n) is 3.17. The van der Waals surface area contributed by atoms with Crippen LogP contribution in [-0.2, 0) is 12.8 Å².